The first kappa shape index (κ1) is 24.1. The third-order valence-corrected chi connectivity index (χ3v) is 7.26. The van der Waals surface area contributed by atoms with E-state index in [-0.39, 0.29) is 4.32 Å². The number of aromatic nitrogens is 1. The van der Waals surface area contributed by atoms with Crippen LogP contribution in [0.3, 0.4) is 0 Å². The van der Waals surface area contributed by atoms with Crippen molar-refractivity contribution in [3.05, 3.63) is 88.3 Å². The Morgan fingerprint density at radius 2 is 1.69 bits per heavy atom. The van der Waals surface area contributed by atoms with Gasteiger partial charge in [-0.15, -0.1) is 0 Å². The number of fused-ring (bicyclic) bond motifs is 3. The van der Waals surface area contributed by atoms with Gasteiger partial charge < -0.3 is 9.67 Å². The maximum Gasteiger partial charge on any atom is 0.416 e. The van der Waals surface area contributed by atoms with Crippen LogP contribution < -0.4 is 0 Å². The summed E-state index contributed by atoms with van der Waals surface area (Å²) in [6.07, 6.45) is -2.70. The molecule has 1 aliphatic rings. The molecule has 0 unspecified atom stereocenters. The lowest BCUT2D eigenvalue weighted by Crippen LogP contribution is -2.33. The number of hydrogen-bond acceptors (Lipinski definition) is 4. The monoisotopic (exact) mass is 526 g/mol. The first-order valence-corrected chi connectivity index (χ1v) is 12.0. The van der Waals surface area contributed by atoms with E-state index in [1.807, 2.05) is 47.0 Å². The van der Waals surface area contributed by atoms with E-state index in [0.29, 0.717) is 11.4 Å². The normalized spacial score (nSPS) is 15.5. The van der Waals surface area contributed by atoms with Crippen LogP contribution in [0.2, 0.25) is 0 Å². The molecule has 182 valence electrons. The van der Waals surface area contributed by atoms with Crippen molar-refractivity contribution in [1.82, 2.24) is 9.47 Å². The standard InChI is InChI=1S/C26H17F3N2O3S2/c27-26(28,29)17-8-5-15(6-9-17)13-30-20-4-2-1-3-18(20)19-11-16(7-10-21(19)30)12-22-24(34)31(14-23(32)33)25(35)36-22/h1-12H,13-14H2,(H,32,33)/b22-12-. The van der Waals surface area contributed by atoms with E-state index in [4.69, 9.17) is 17.3 Å². The maximum atomic E-state index is 13.0. The van der Waals surface area contributed by atoms with Gasteiger partial charge in [-0.05, 0) is 47.5 Å². The molecule has 5 nitrogen and oxygen atoms in total. The molecule has 4 aromatic rings. The van der Waals surface area contributed by atoms with Gasteiger partial charge in [0.05, 0.1) is 10.5 Å². The Morgan fingerprint density at radius 3 is 2.39 bits per heavy atom. The SMILES string of the molecule is O=C(O)CN1C(=O)/C(=C/c2ccc3c(c2)c2ccccc2n3Cc2ccc(C(F)(F)F)cc2)SC1=S. The summed E-state index contributed by atoms with van der Waals surface area (Å²) in [5.41, 5.74) is 2.61. The van der Waals surface area contributed by atoms with E-state index >= 15 is 0 Å². The third-order valence-electron chi connectivity index (χ3n) is 5.88. The molecular weight excluding hydrogens is 509 g/mol. The molecule has 10 heteroatoms. The number of para-hydroxylation sites is 1. The lowest BCUT2D eigenvalue weighted by atomic mass is 10.1. The van der Waals surface area contributed by atoms with Crippen LogP contribution in [0.1, 0.15) is 16.7 Å². The zero-order chi connectivity index (χ0) is 25.6. The van der Waals surface area contributed by atoms with Crippen molar-refractivity contribution < 1.29 is 27.9 Å². The minimum atomic E-state index is -4.39. The molecule has 0 bridgehead atoms. The molecule has 1 amide bonds. The summed E-state index contributed by atoms with van der Waals surface area (Å²) in [5, 5.41) is 10.9. The second-order valence-electron chi connectivity index (χ2n) is 8.24. The minimum absolute atomic E-state index is 0.197. The molecule has 0 atom stereocenters. The molecule has 5 rings (SSSR count). The average molecular weight is 527 g/mol. The quantitative estimate of drug-likeness (QED) is 0.250. The largest absolute Gasteiger partial charge is 0.480 e. The summed E-state index contributed by atoms with van der Waals surface area (Å²) in [7, 11) is 0. The molecular formula is C26H17F3N2O3S2. The summed E-state index contributed by atoms with van der Waals surface area (Å²) in [4.78, 5) is 25.1. The highest BCUT2D eigenvalue weighted by Crippen LogP contribution is 2.35. The van der Waals surface area contributed by atoms with Gasteiger partial charge in [-0.2, -0.15) is 13.2 Å². The van der Waals surface area contributed by atoms with Gasteiger partial charge in [-0.1, -0.05) is 60.4 Å². The molecule has 0 radical (unpaired) electrons. The van der Waals surface area contributed by atoms with Crippen LogP contribution in [0.25, 0.3) is 27.9 Å². The number of carboxylic acids is 1. The highest BCUT2D eigenvalue weighted by Gasteiger charge is 2.33. The van der Waals surface area contributed by atoms with Crippen molar-refractivity contribution in [3.8, 4) is 0 Å². The predicted octanol–water partition coefficient (Wildman–Crippen LogP) is 6.15. The number of thiocarbonyl (C=S) groups is 1. The van der Waals surface area contributed by atoms with Crippen molar-refractivity contribution >= 4 is 68.1 Å². The highest BCUT2D eigenvalue weighted by molar-refractivity contribution is 8.26. The van der Waals surface area contributed by atoms with Gasteiger partial charge >= 0.3 is 12.1 Å². The van der Waals surface area contributed by atoms with Crippen LogP contribution in [0.5, 0.6) is 0 Å². The third kappa shape index (κ3) is 4.49. The van der Waals surface area contributed by atoms with Gasteiger partial charge in [0.25, 0.3) is 5.91 Å². The maximum absolute atomic E-state index is 13.0. The van der Waals surface area contributed by atoms with Gasteiger partial charge in [0.2, 0.25) is 0 Å². The Kier molecular flexibility index (Phi) is 6.09. The number of halogens is 3. The number of rotatable bonds is 5. The summed E-state index contributed by atoms with van der Waals surface area (Å²) >= 11 is 6.22. The molecule has 0 spiro atoms. The molecule has 1 aromatic heterocycles. The zero-order valence-corrected chi connectivity index (χ0v) is 20.1. The Balaban J connectivity index is 1.53. The Hall–Kier alpha value is -3.63. The van der Waals surface area contributed by atoms with Gasteiger partial charge in [0.1, 0.15) is 10.9 Å². The van der Waals surface area contributed by atoms with E-state index in [9.17, 15) is 22.8 Å². The van der Waals surface area contributed by atoms with E-state index in [1.54, 1.807) is 6.08 Å². The van der Waals surface area contributed by atoms with Crippen molar-refractivity contribution in [2.24, 2.45) is 0 Å². The first-order valence-electron chi connectivity index (χ1n) is 10.8. The van der Waals surface area contributed by atoms with Gasteiger partial charge in [-0.3, -0.25) is 14.5 Å². The van der Waals surface area contributed by atoms with Crippen LogP contribution in [-0.2, 0) is 22.3 Å². The first-order chi connectivity index (χ1) is 17.1. The van der Waals surface area contributed by atoms with Crippen LogP contribution in [0.15, 0.2) is 71.6 Å². The number of thioether (sulfide) groups is 1. The smallest absolute Gasteiger partial charge is 0.416 e. The lowest BCUT2D eigenvalue weighted by molar-refractivity contribution is -0.140. The summed E-state index contributed by atoms with van der Waals surface area (Å²) < 4.78 is 41.1. The second kappa shape index (κ2) is 9.11. The van der Waals surface area contributed by atoms with E-state index in [2.05, 4.69) is 0 Å². The van der Waals surface area contributed by atoms with Crippen LogP contribution in [0.4, 0.5) is 13.2 Å². The fraction of sp³-hybridized carbons (Fsp3) is 0.115. The fourth-order valence-corrected chi connectivity index (χ4v) is 5.49. The minimum Gasteiger partial charge on any atom is -0.480 e. The molecule has 1 fully saturated rings. The number of alkyl halides is 3. The predicted molar refractivity (Wildman–Crippen MR) is 138 cm³/mol. The highest BCUT2D eigenvalue weighted by atomic mass is 32.2. The Bertz CT molecular complexity index is 1570. The number of aliphatic carboxylic acids is 1. The molecule has 1 N–H and O–H groups in total. The van der Waals surface area contributed by atoms with Crippen molar-refractivity contribution in [1.29, 1.82) is 0 Å². The summed E-state index contributed by atoms with van der Waals surface area (Å²) in [6.45, 7) is -0.103. The average Bonchev–Trinajstić information content (AvgIpc) is 3.27. The van der Waals surface area contributed by atoms with Crippen LogP contribution in [-0.4, -0.2) is 37.3 Å². The van der Waals surface area contributed by atoms with Crippen molar-refractivity contribution in [3.63, 3.8) is 0 Å². The zero-order valence-electron chi connectivity index (χ0n) is 18.5. The van der Waals surface area contributed by atoms with Crippen molar-refractivity contribution in [2.75, 3.05) is 6.54 Å². The number of carbonyl (C=O) groups is 2. The van der Waals surface area contributed by atoms with E-state index in [1.165, 1.54) is 12.1 Å². The molecule has 3 aromatic carbocycles. The lowest BCUT2D eigenvalue weighted by Gasteiger charge is -2.10. The van der Waals surface area contributed by atoms with Crippen LogP contribution in [0, 0.1) is 0 Å². The van der Waals surface area contributed by atoms with E-state index in [0.717, 1.165) is 61.7 Å². The summed E-state index contributed by atoms with van der Waals surface area (Å²) in [5.74, 6) is -1.59. The number of nitrogens with zero attached hydrogens (tertiary/aromatic N) is 2. The second-order valence-corrected chi connectivity index (χ2v) is 9.91. The number of benzene rings is 3. The Labute approximate surface area is 212 Å². The van der Waals surface area contributed by atoms with Crippen molar-refractivity contribution in [2.45, 2.75) is 12.7 Å². The topological polar surface area (TPSA) is 62.5 Å². The molecule has 1 saturated heterocycles. The summed E-state index contributed by atoms with van der Waals surface area (Å²) in [6, 6.07) is 18.6. The number of hydrogen-bond donors (Lipinski definition) is 1. The van der Waals surface area contributed by atoms with Crippen LogP contribution >= 0.6 is 24.0 Å². The van der Waals surface area contributed by atoms with Gasteiger partial charge in [-0.25, -0.2) is 0 Å². The van der Waals surface area contributed by atoms with Gasteiger partial charge in [0, 0.05) is 28.4 Å². The number of carbonyl (C=O) groups excluding carboxylic acids is 1. The molecule has 36 heavy (non-hydrogen) atoms. The molecule has 0 saturated carbocycles. The molecule has 1 aliphatic heterocycles. The van der Waals surface area contributed by atoms with E-state index < -0.39 is 30.2 Å². The fourth-order valence-electron chi connectivity index (χ4n) is 4.24. The molecule has 2 heterocycles. The molecule has 0 aliphatic carbocycles. The van der Waals surface area contributed by atoms with Gasteiger partial charge in [0.15, 0.2) is 0 Å². The number of amides is 1. The Morgan fingerprint density at radius 1 is 1.00 bits per heavy atom. The number of carboxylic acid groups (broad SMARTS) is 1.